The largest absolute Gasteiger partial charge is 0.466 e. The highest BCUT2D eigenvalue weighted by Crippen LogP contribution is 2.23. The molecule has 0 aromatic heterocycles. The van der Waals surface area contributed by atoms with Gasteiger partial charge in [0.05, 0.1) is 13.0 Å². The molecule has 0 aliphatic rings. The molecule has 0 fully saturated rings. The number of carbonyl (C=O) groups is 4. The molecular weight excluding hydrogens is 426 g/mol. The molecule has 0 bridgehead atoms. The van der Waals surface area contributed by atoms with Gasteiger partial charge < -0.3 is 25.0 Å². The SMILES string of the molecule is CCCN(C(=O)C(C)NC(=O)OC(C)(C)C)C(C(=O)NCCC(=O)OCC)c1ccccc1. The fraction of sp³-hybridized carbons (Fsp3) is 0.583. The number of nitrogens with zero attached hydrogens (tertiary/aromatic N) is 1. The van der Waals surface area contributed by atoms with Crippen molar-refractivity contribution in [1.29, 1.82) is 0 Å². The van der Waals surface area contributed by atoms with E-state index in [1.165, 1.54) is 4.90 Å². The first-order chi connectivity index (χ1) is 15.5. The first kappa shape index (κ1) is 27.9. The van der Waals surface area contributed by atoms with Crippen LogP contribution < -0.4 is 10.6 Å². The van der Waals surface area contributed by atoms with Crippen LogP contribution in [0.2, 0.25) is 0 Å². The summed E-state index contributed by atoms with van der Waals surface area (Å²) in [5, 5.41) is 5.28. The van der Waals surface area contributed by atoms with Gasteiger partial charge in [-0.15, -0.1) is 0 Å². The molecule has 1 aromatic rings. The summed E-state index contributed by atoms with van der Waals surface area (Å²) in [5.41, 5.74) is -0.0844. The highest BCUT2D eigenvalue weighted by atomic mass is 16.6. The monoisotopic (exact) mass is 463 g/mol. The maximum absolute atomic E-state index is 13.3. The van der Waals surface area contributed by atoms with Gasteiger partial charge in [-0.25, -0.2) is 4.79 Å². The second kappa shape index (κ2) is 13.4. The molecule has 2 atom stereocenters. The Morgan fingerprint density at radius 1 is 1.06 bits per heavy atom. The Morgan fingerprint density at radius 3 is 2.24 bits per heavy atom. The zero-order valence-corrected chi connectivity index (χ0v) is 20.5. The van der Waals surface area contributed by atoms with Gasteiger partial charge in [-0.1, -0.05) is 37.3 Å². The Labute approximate surface area is 196 Å². The Morgan fingerprint density at radius 2 is 1.70 bits per heavy atom. The minimum absolute atomic E-state index is 0.0272. The molecule has 2 N–H and O–H groups in total. The summed E-state index contributed by atoms with van der Waals surface area (Å²) >= 11 is 0. The highest BCUT2D eigenvalue weighted by molar-refractivity contribution is 5.92. The van der Waals surface area contributed by atoms with Crippen molar-refractivity contribution >= 4 is 23.9 Å². The summed E-state index contributed by atoms with van der Waals surface area (Å²) in [6.07, 6.45) is -0.0843. The predicted octanol–water partition coefficient (Wildman–Crippen LogP) is 2.95. The highest BCUT2D eigenvalue weighted by Gasteiger charge is 2.34. The number of benzene rings is 1. The van der Waals surface area contributed by atoms with Crippen LogP contribution in [-0.2, 0) is 23.9 Å². The number of nitrogens with one attached hydrogen (secondary N) is 2. The Kier molecular flexibility index (Phi) is 11.4. The average molecular weight is 464 g/mol. The molecule has 0 heterocycles. The molecule has 0 saturated heterocycles. The number of carbonyl (C=O) groups excluding carboxylic acids is 4. The zero-order chi connectivity index (χ0) is 25.0. The van der Waals surface area contributed by atoms with Crippen molar-refractivity contribution in [1.82, 2.24) is 15.5 Å². The minimum atomic E-state index is -0.927. The second-order valence-corrected chi connectivity index (χ2v) is 8.56. The summed E-state index contributed by atoms with van der Waals surface area (Å²) in [5.74, 6) is -1.25. The van der Waals surface area contributed by atoms with Gasteiger partial charge in [0.2, 0.25) is 11.8 Å². The number of ether oxygens (including phenoxy) is 2. The molecule has 0 spiro atoms. The number of alkyl carbamates (subject to hydrolysis) is 1. The van der Waals surface area contributed by atoms with E-state index in [1.54, 1.807) is 58.9 Å². The van der Waals surface area contributed by atoms with Crippen LogP contribution in [0.3, 0.4) is 0 Å². The smallest absolute Gasteiger partial charge is 0.408 e. The summed E-state index contributed by atoms with van der Waals surface area (Å²) in [6, 6.07) is 7.07. The number of amides is 3. The van der Waals surface area contributed by atoms with Gasteiger partial charge in [0.1, 0.15) is 17.7 Å². The normalized spacial score (nSPS) is 12.8. The fourth-order valence-electron chi connectivity index (χ4n) is 3.13. The number of hydrogen-bond acceptors (Lipinski definition) is 6. The van der Waals surface area contributed by atoms with Crippen LogP contribution in [0.5, 0.6) is 0 Å². The van der Waals surface area contributed by atoms with Crippen LogP contribution >= 0.6 is 0 Å². The van der Waals surface area contributed by atoms with E-state index in [2.05, 4.69) is 10.6 Å². The molecule has 33 heavy (non-hydrogen) atoms. The van der Waals surface area contributed by atoms with Crippen LogP contribution in [0.25, 0.3) is 0 Å². The van der Waals surface area contributed by atoms with E-state index in [1.807, 2.05) is 13.0 Å². The summed E-state index contributed by atoms with van der Waals surface area (Å²) < 4.78 is 10.1. The molecule has 0 aliphatic carbocycles. The van der Waals surface area contributed by atoms with Crippen LogP contribution in [0.15, 0.2) is 30.3 Å². The lowest BCUT2D eigenvalue weighted by Gasteiger charge is -2.33. The van der Waals surface area contributed by atoms with Crippen LogP contribution in [0.1, 0.15) is 66.0 Å². The van der Waals surface area contributed by atoms with Gasteiger partial charge in [0, 0.05) is 13.1 Å². The maximum atomic E-state index is 13.3. The maximum Gasteiger partial charge on any atom is 0.408 e. The van der Waals surface area contributed by atoms with E-state index < -0.39 is 41.6 Å². The van der Waals surface area contributed by atoms with Crippen LogP contribution in [0.4, 0.5) is 4.79 Å². The molecule has 0 saturated carbocycles. The van der Waals surface area contributed by atoms with E-state index >= 15 is 0 Å². The molecule has 3 amide bonds. The lowest BCUT2D eigenvalue weighted by molar-refractivity contribution is -0.144. The summed E-state index contributed by atoms with van der Waals surface area (Å²) in [6.45, 7) is 11.0. The molecule has 1 aromatic carbocycles. The third-order valence-corrected chi connectivity index (χ3v) is 4.46. The second-order valence-electron chi connectivity index (χ2n) is 8.56. The van der Waals surface area contributed by atoms with E-state index in [-0.39, 0.29) is 19.6 Å². The van der Waals surface area contributed by atoms with Gasteiger partial charge in [0.15, 0.2) is 0 Å². The predicted molar refractivity (Wildman–Crippen MR) is 124 cm³/mol. The minimum Gasteiger partial charge on any atom is -0.466 e. The van der Waals surface area contributed by atoms with Crippen LogP contribution in [0, 0.1) is 0 Å². The van der Waals surface area contributed by atoms with Crippen molar-refractivity contribution in [3.05, 3.63) is 35.9 Å². The van der Waals surface area contributed by atoms with Crippen molar-refractivity contribution in [3.63, 3.8) is 0 Å². The van der Waals surface area contributed by atoms with E-state index in [4.69, 9.17) is 9.47 Å². The van der Waals surface area contributed by atoms with Gasteiger partial charge in [0.25, 0.3) is 0 Å². The molecule has 9 heteroatoms. The van der Waals surface area contributed by atoms with Gasteiger partial charge in [-0.2, -0.15) is 0 Å². The third kappa shape index (κ3) is 9.93. The Balaban J connectivity index is 3.07. The van der Waals surface area contributed by atoms with Crippen molar-refractivity contribution in [3.8, 4) is 0 Å². The summed E-state index contributed by atoms with van der Waals surface area (Å²) in [7, 11) is 0. The lowest BCUT2D eigenvalue weighted by Crippen LogP contribution is -2.52. The third-order valence-electron chi connectivity index (χ3n) is 4.46. The quantitative estimate of drug-likeness (QED) is 0.488. The van der Waals surface area contributed by atoms with Crippen molar-refractivity contribution in [2.75, 3.05) is 19.7 Å². The number of hydrogen-bond donors (Lipinski definition) is 2. The molecule has 9 nitrogen and oxygen atoms in total. The van der Waals surface area contributed by atoms with Gasteiger partial charge >= 0.3 is 12.1 Å². The fourth-order valence-corrected chi connectivity index (χ4v) is 3.13. The van der Waals surface area contributed by atoms with Crippen LogP contribution in [-0.4, -0.2) is 60.1 Å². The summed E-state index contributed by atoms with van der Waals surface area (Å²) in [4.78, 5) is 51.7. The van der Waals surface area contributed by atoms with Gasteiger partial charge in [-0.3, -0.25) is 14.4 Å². The molecule has 1 rings (SSSR count). The lowest BCUT2D eigenvalue weighted by atomic mass is 10.0. The Bertz CT molecular complexity index is 791. The van der Waals surface area contributed by atoms with Gasteiger partial charge in [-0.05, 0) is 46.6 Å². The Hall–Kier alpha value is -3.10. The number of esters is 1. The number of rotatable bonds is 11. The molecule has 2 unspecified atom stereocenters. The zero-order valence-electron chi connectivity index (χ0n) is 20.5. The standard InChI is InChI=1S/C24H37N3O6/c1-7-16-27(22(30)17(3)26-23(31)33-24(4,5)6)20(18-12-10-9-11-13-18)21(29)25-15-14-19(28)32-8-2/h9-13,17,20H,7-8,14-16H2,1-6H3,(H,25,29)(H,26,31). The average Bonchev–Trinajstić information content (AvgIpc) is 2.72. The van der Waals surface area contributed by atoms with Crippen molar-refractivity contribution < 1.29 is 28.7 Å². The molecular formula is C24H37N3O6. The first-order valence-corrected chi connectivity index (χ1v) is 11.3. The van der Waals surface area contributed by atoms with E-state index in [9.17, 15) is 19.2 Å². The molecule has 184 valence electrons. The van der Waals surface area contributed by atoms with Crippen molar-refractivity contribution in [2.45, 2.75) is 72.1 Å². The van der Waals surface area contributed by atoms with E-state index in [0.717, 1.165) is 0 Å². The topological polar surface area (TPSA) is 114 Å². The first-order valence-electron chi connectivity index (χ1n) is 11.3. The molecule has 0 aliphatic heterocycles. The van der Waals surface area contributed by atoms with Crippen molar-refractivity contribution in [2.24, 2.45) is 0 Å². The van der Waals surface area contributed by atoms with E-state index in [0.29, 0.717) is 18.5 Å². The molecule has 0 radical (unpaired) electrons.